The van der Waals surface area contributed by atoms with Crippen LogP contribution in [0.5, 0.6) is 0 Å². The molecule has 1 aliphatic carbocycles. The fourth-order valence-electron chi connectivity index (χ4n) is 3.78. The van der Waals surface area contributed by atoms with Gasteiger partial charge in [-0.1, -0.05) is 32.5 Å². The summed E-state index contributed by atoms with van der Waals surface area (Å²) < 4.78 is 20.6. The van der Waals surface area contributed by atoms with Gasteiger partial charge in [0.05, 0.1) is 29.4 Å². The molecule has 158 valence electrons. The average molecular weight is 430 g/mol. The summed E-state index contributed by atoms with van der Waals surface area (Å²) in [5.74, 6) is 0.378. The average Bonchev–Trinajstić information content (AvgIpc) is 3.33. The molecule has 1 aromatic carbocycles. The molecule has 2 aromatic heterocycles. The van der Waals surface area contributed by atoms with Gasteiger partial charge in [0.25, 0.3) is 5.22 Å². The third kappa shape index (κ3) is 4.40. The molecule has 1 aliphatic rings. The molecule has 0 radical (unpaired) electrons. The molecule has 0 saturated heterocycles. The SMILES string of the molecule is CCc1nnc(SCC(=O)N[C@H]2CC(C)(C)Cc3c2cnn3-c2ccc(F)cc2)o1. The van der Waals surface area contributed by atoms with Gasteiger partial charge in [-0.15, -0.1) is 10.2 Å². The number of benzene rings is 1. The highest BCUT2D eigenvalue weighted by molar-refractivity contribution is 7.99. The van der Waals surface area contributed by atoms with Crippen LogP contribution in [0.2, 0.25) is 0 Å². The topological polar surface area (TPSA) is 85.8 Å². The van der Waals surface area contributed by atoms with Crippen molar-refractivity contribution in [1.29, 1.82) is 0 Å². The smallest absolute Gasteiger partial charge is 0.277 e. The molecule has 0 fully saturated rings. The third-order valence-corrected chi connectivity index (χ3v) is 5.98. The summed E-state index contributed by atoms with van der Waals surface area (Å²) in [7, 11) is 0. The van der Waals surface area contributed by atoms with Gasteiger partial charge in [-0.05, 0) is 42.5 Å². The number of carbonyl (C=O) groups excluding carboxylic acids is 1. The number of amides is 1. The van der Waals surface area contributed by atoms with Gasteiger partial charge in [-0.25, -0.2) is 9.07 Å². The molecule has 4 rings (SSSR count). The highest BCUT2D eigenvalue weighted by atomic mass is 32.2. The summed E-state index contributed by atoms with van der Waals surface area (Å²) in [6, 6.07) is 6.14. The molecule has 30 heavy (non-hydrogen) atoms. The lowest BCUT2D eigenvalue weighted by Crippen LogP contribution is -2.37. The number of carbonyl (C=O) groups is 1. The van der Waals surface area contributed by atoms with E-state index < -0.39 is 0 Å². The first-order chi connectivity index (χ1) is 14.3. The number of nitrogens with one attached hydrogen (secondary N) is 1. The predicted molar refractivity (Wildman–Crippen MR) is 111 cm³/mol. The van der Waals surface area contributed by atoms with E-state index in [0.29, 0.717) is 17.5 Å². The van der Waals surface area contributed by atoms with Crippen molar-refractivity contribution in [2.75, 3.05) is 5.75 Å². The van der Waals surface area contributed by atoms with Crippen molar-refractivity contribution >= 4 is 17.7 Å². The zero-order valence-corrected chi connectivity index (χ0v) is 18.0. The van der Waals surface area contributed by atoms with Crippen molar-refractivity contribution in [3.63, 3.8) is 0 Å². The summed E-state index contributed by atoms with van der Waals surface area (Å²) in [5.41, 5.74) is 2.83. The summed E-state index contributed by atoms with van der Waals surface area (Å²) in [6.45, 7) is 6.29. The van der Waals surface area contributed by atoms with Crippen LogP contribution in [0.1, 0.15) is 50.4 Å². The molecule has 0 bridgehead atoms. The van der Waals surface area contributed by atoms with E-state index in [1.54, 1.807) is 18.3 Å². The molecule has 7 nitrogen and oxygen atoms in total. The number of rotatable bonds is 6. The second-order valence-electron chi connectivity index (χ2n) is 8.20. The van der Waals surface area contributed by atoms with E-state index in [4.69, 9.17) is 4.42 Å². The van der Waals surface area contributed by atoms with Gasteiger partial charge < -0.3 is 9.73 Å². The van der Waals surface area contributed by atoms with E-state index in [2.05, 4.69) is 34.5 Å². The van der Waals surface area contributed by atoms with Crippen LogP contribution < -0.4 is 5.32 Å². The largest absolute Gasteiger partial charge is 0.416 e. The van der Waals surface area contributed by atoms with Gasteiger partial charge in [0.15, 0.2) is 0 Å². The van der Waals surface area contributed by atoms with Crippen LogP contribution >= 0.6 is 11.8 Å². The normalized spacial score (nSPS) is 17.5. The maximum Gasteiger partial charge on any atom is 0.277 e. The Labute approximate surface area is 178 Å². The quantitative estimate of drug-likeness (QED) is 0.599. The maximum absolute atomic E-state index is 13.3. The highest BCUT2D eigenvalue weighted by Gasteiger charge is 2.36. The molecule has 0 saturated carbocycles. The Bertz CT molecular complexity index is 1040. The van der Waals surface area contributed by atoms with E-state index >= 15 is 0 Å². The Hall–Kier alpha value is -2.68. The first-order valence-electron chi connectivity index (χ1n) is 9.92. The summed E-state index contributed by atoms with van der Waals surface area (Å²) in [4.78, 5) is 12.6. The zero-order valence-electron chi connectivity index (χ0n) is 17.2. The van der Waals surface area contributed by atoms with Gasteiger partial charge in [0.1, 0.15) is 5.82 Å². The van der Waals surface area contributed by atoms with Crippen molar-refractivity contribution in [3.8, 4) is 5.69 Å². The lowest BCUT2D eigenvalue weighted by Gasteiger charge is -2.36. The van der Waals surface area contributed by atoms with Gasteiger partial charge in [0.2, 0.25) is 11.8 Å². The monoisotopic (exact) mass is 429 g/mol. The minimum absolute atomic E-state index is 0.0155. The lowest BCUT2D eigenvalue weighted by atomic mass is 9.74. The Morgan fingerprint density at radius 3 is 2.80 bits per heavy atom. The van der Waals surface area contributed by atoms with Crippen molar-refractivity contribution in [3.05, 3.63) is 53.4 Å². The molecule has 1 N–H and O–H groups in total. The first kappa shape index (κ1) is 20.6. The predicted octanol–water partition coefficient (Wildman–Crippen LogP) is 3.88. The van der Waals surface area contributed by atoms with Gasteiger partial charge >= 0.3 is 0 Å². The molecule has 1 amide bonds. The standard InChI is InChI=1S/C21H24FN5O2S/c1-4-19-25-26-20(29-19)30-12-18(28)24-16-9-21(2,3)10-17-15(16)11-23-27(17)14-7-5-13(22)6-8-14/h5-8,11,16H,4,9-10,12H2,1-3H3,(H,24,28)/t16-/m0/s1. The number of halogens is 1. The number of aromatic nitrogens is 4. The second-order valence-corrected chi connectivity index (χ2v) is 9.13. The number of hydrogen-bond acceptors (Lipinski definition) is 6. The van der Waals surface area contributed by atoms with Crippen LogP contribution in [0.25, 0.3) is 5.69 Å². The maximum atomic E-state index is 13.3. The van der Waals surface area contributed by atoms with E-state index in [-0.39, 0.29) is 28.9 Å². The Balaban J connectivity index is 1.50. The minimum atomic E-state index is -0.282. The molecule has 3 aromatic rings. The molecule has 1 atom stereocenters. The van der Waals surface area contributed by atoms with Crippen LogP contribution in [-0.2, 0) is 17.6 Å². The molecular weight excluding hydrogens is 405 g/mol. The Kier molecular flexibility index (Phi) is 5.64. The molecule has 2 heterocycles. The fraction of sp³-hybridized carbons (Fsp3) is 0.429. The molecule has 0 aliphatic heterocycles. The fourth-order valence-corrected chi connectivity index (χ4v) is 4.37. The van der Waals surface area contributed by atoms with Crippen molar-refractivity contribution in [1.82, 2.24) is 25.3 Å². The summed E-state index contributed by atoms with van der Waals surface area (Å²) in [6.07, 6.45) is 4.10. The zero-order chi connectivity index (χ0) is 21.3. The summed E-state index contributed by atoms with van der Waals surface area (Å²) in [5, 5.41) is 15.9. The third-order valence-electron chi connectivity index (χ3n) is 5.16. The van der Waals surface area contributed by atoms with E-state index in [0.717, 1.165) is 29.8 Å². The first-order valence-corrected chi connectivity index (χ1v) is 10.9. The van der Waals surface area contributed by atoms with Crippen LogP contribution in [-0.4, -0.2) is 31.6 Å². The Morgan fingerprint density at radius 2 is 2.10 bits per heavy atom. The number of aryl methyl sites for hydroxylation is 1. The lowest BCUT2D eigenvalue weighted by molar-refractivity contribution is -0.119. The van der Waals surface area contributed by atoms with Crippen molar-refractivity contribution in [2.45, 2.75) is 51.3 Å². The summed E-state index contributed by atoms with van der Waals surface area (Å²) >= 11 is 1.23. The molecule has 0 unspecified atom stereocenters. The molecule has 9 heteroatoms. The molecule has 0 spiro atoms. The van der Waals surface area contributed by atoms with Gasteiger partial charge in [-0.2, -0.15) is 5.10 Å². The van der Waals surface area contributed by atoms with E-state index in [1.807, 2.05) is 11.6 Å². The van der Waals surface area contributed by atoms with Crippen molar-refractivity contribution in [2.24, 2.45) is 5.41 Å². The number of thioether (sulfide) groups is 1. The van der Waals surface area contributed by atoms with Crippen LogP contribution in [0.3, 0.4) is 0 Å². The van der Waals surface area contributed by atoms with Crippen LogP contribution in [0, 0.1) is 11.2 Å². The highest BCUT2D eigenvalue weighted by Crippen LogP contribution is 2.41. The number of fused-ring (bicyclic) bond motifs is 1. The minimum Gasteiger partial charge on any atom is -0.416 e. The van der Waals surface area contributed by atoms with Crippen molar-refractivity contribution < 1.29 is 13.6 Å². The van der Waals surface area contributed by atoms with Gasteiger partial charge in [-0.3, -0.25) is 4.79 Å². The molecular formula is C21H24FN5O2S. The van der Waals surface area contributed by atoms with Crippen LogP contribution in [0.4, 0.5) is 4.39 Å². The van der Waals surface area contributed by atoms with E-state index in [9.17, 15) is 9.18 Å². The van der Waals surface area contributed by atoms with Crippen LogP contribution in [0.15, 0.2) is 40.1 Å². The number of hydrogen-bond donors (Lipinski definition) is 1. The second kappa shape index (κ2) is 8.22. The van der Waals surface area contributed by atoms with Gasteiger partial charge in [0, 0.05) is 12.0 Å². The van der Waals surface area contributed by atoms with E-state index in [1.165, 1.54) is 23.9 Å². The Morgan fingerprint density at radius 1 is 1.33 bits per heavy atom. The number of nitrogens with zero attached hydrogens (tertiary/aromatic N) is 4.